The molecule has 1 fully saturated rings. The molecule has 2 aliphatic heterocycles. The first-order valence-corrected chi connectivity index (χ1v) is 9.36. The van der Waals surface area contributed by atoms with Crippen LogP contribution in [0.5, 0.6) is 5.75 Å². The number of carbonyl (C=O) groups is 1. The first kappa shape index (κ1) is 19.5. The van der Waals surface area contributed by atoms with Crippen LogP contribution in [0.2, 0.25) is 0 Å². The van der Waals surface area contributed by atoms with E-state index in [-0.39, 0.29) is 34.6 Å². The summed E-state index contributed by atoms with van der Waals surface area (Å²) in [6.45, 7) is 6.30. The Morgan fingerprint density at radius 3 is 2.69 bits per heavy atom. The molecule has 29 heavy (non-hydrogen) atoms. The van der Waals surface area contributed by atoms with Gasteiger partial charge in [-0.3, -0.25) is 10.6 Å². The van der Waals surface area contributed by atoms with Crippen LogP contribution in [-0.4, -0.2) is 40.9 Å². The second kappa shape index (κ2) is 6.33. The minimum atomic E-state index is -1.40. The summed E-state index contributed by atoms with van der Waals surface area (Å²) < 4.78 is 23.2. The fraction of sp³-hybridized carbons (Fsp3) is 0.474. The number of nitrogens with one attached hydrogen (secondary N) is 1. The van der Waals surface area contributed by atoms with Gasteiger partial charge in [0.05, 0.1) is 16.9 Å². The highest BCUT2D eigenvalue weighted by molar-refractivity contribution is 6.04. The van der Waals surface area contributed by atoms with E-state index in [0.29, 0.717) is 25.1 Å². The Morgan fingerprint density at radius 1 is 1.41 bits per heavy atom. The fourth-order valence-corrected chi connectivity index (χ4v) is 4.28. The summed E-state index contributed by atoms with van der Waals surface area (Å²) in [6.07, 6.45) is 1.93. The van der Waals surface area contributed by atoms with Crippen molar-refractivity contribution in [1.82, 2.24) is 4.57 Å². The molecule has 6 N–H and O–H groups in total. The number of pyridine rings is 1. The van der Waals surface area contributed by atoms with Crippen molar-refractivity contribution in [3.63, 3.8) is 0 Å². The number of aromatic nitrogens is 1. The molecule has 9 nitrogen and oxygen atoms in total. The van der Waals surface area contributed by atoms with Gasteiger partial charge in [-0.2, -0.15) is 0 Å². The number of halogens is 1. The summed E-state index contributed by atoms with van der Waals surface area (Å²) in [6, 6.07) is -0.207. The molecule has 0 spiro atoms. The lowest BCUT2D eigenvalue weighted by molar-refractivity contribution is 0.0694. The number of nitrogen functional groups attached to an aromatic ring is 1. The molecule has 2 aliphatic rings. The van der Waals surface area contributed by atoms with Crippen LogP contribution >= 0.6 is 0 Å². The quantitative estimate of drug-likeness (QED) is 0.432. The molecular formula is C19H24FN5O4. The molecule has 0 amide bonds. The van der Waals surface area contributed by atoms with E-state index >= 15 is 4.39 Å². The number of ether oxygens (including phenoxy) is 1. The molecule has 0 saturated carbocycles. The largest absolute Gasteiger partial charge is 0.487 e. The summed E-state index contributed by atoms with van der Waals surface area (Å²) in [5.74, 6) is 3.64. The molecule has 156 valence electrons. The third-order valence-electron chi connectivity index (χ3n) is 5.57. The summed E-state index contributed by atoms with van der Waals surface area (Å²) >= 11 is 0. The Morgan fingerprint density at radius 2 is 2.10 bits per heavy atom. The number of nitrogens with two attached hydrogens (primary N) is 2. The summed E-state index contributed by atoms with van der Waals surface area (Å²) in [4.78, 5) is 26.5. The average Bonchev–Trinajstić information content (AvgIpc) is 3.01. The van der Waals surface area contributed by atoms with Crippen LogP contribution in [-0.2, 0) is 5.54 Å². The van der Waals surface area contributed by atoms with Crippen LogP contribution in [0, 0.1) is 5.82 Å². The maximum atomic E-state index is 15.6. The Hall–Kier alpha value is -2.85. The van der Waals surface area contributed by atoms with E-state index in [0.717, 1.165) is 0 Å². The normalized spacial score (nSPS) is 21.0. The monoisotopic (exact) mass is 405 g/mol. The Bertz CT molecular complexity index is 1090. The molecule has 2 unspecified atom stereocenters. The van der Waals surface area contributed by atoms with E-state index < -0.39 is 28.3 Å². The molecule has 4 rings (SSSR count). The smallest absolute Gasteiger partial charge is 0.341 e. The van der Waals surface area contributed by atoms with Crippen molar-refractivity contribution in [2.45, 2.75) is 44.8 Å². The third kappa shape index (κ3) is 2.74. The minimum Gasteiger partial charge on any atom is -0.487 e. The predicted octanol–water partition coefficient (Wildman–Crippen LogP) is 1.18. The second-order valence-corrected chi connectivity index (χ2v) is 8.57. The van der Waals surface area contributed by atoms with Gasteiger partial charge in [-0.05, 0) is 27.2 Å². The lowest BCUT2D eigenvalue weighted by Gasteiger charge is -2.36. The van der Waals surface area contributed by atoms with Gasteiger partial charge in [-0.15, -0.1) is 0 Å². The number of hydrazine groups is 1. The van der Waals surface area contributed by atoms with E-state index in [9.17, 15) is 14.7 Å². The van der Waals surface area contributed by atoms with Crippen molar-refractivity contribution < 1.29 is 19.0 Å². The molecule has 0 bridgehead atoms. The maximum absolute atomic E-state index is 15.6. The molecule has 10 heteroatoms. The molecule has 2 aromatic rings. The number of fused-ring (bicyclic) bond motifs is 5. The molecule has 2 atom stereocenters. The molecule has 3 heterocycles. The minimum absolute atomic E-state index is 0.0804. The lowest BCUT2D eigenvalue weighted by Crippen LogP contribution is -2.40. The van der Waals surface area contributed by atoms with Crippen molar-refractivity contribution in [3.8, 4) is 5.75 Å². The number of rotatable bonds is 2. The fourth-order valence-electron chi connectivity index (χ4n) is 4.28. The number of anilines is 2. The number of aromatic carboxylic acids is 1. The van der Waals surface area contributed by atoms with Crippen LogP contribution in [0.3, 0.4) is 0 Å². The second-order valence-electron chi connectivity index (χ2n) is 8.57. The zero-order chi connectivity index (χ0) is 21.2. The number of carboxylic acids is 1. The van der Waals surface area contributed by atoms with Crippen LogP contribution in [0.4, 0.5) is 15.8 Å². The Labute approximate surface area is 166 Å². The molecule has 0 radical (unpaired) electrons. The van der Waals surface area contributed by atoms with Gasteiger partial charge >= 0.3 is 5.97 Å². The number of nitrogens with zero attached hydrogens (tertiary/aromatic N) is 2. The highest BCUT2D eigenvalue weighted by atomic mass is 19.1. The number of hydrogen-bond acceptors (Lipinski definition) is 7. The van der Waals surface area contributed by atoms with Gasteiger partial charge in [0.15, 0.2) is 11.6 Å². The average molecular weight is 405 g/mol. The van der Waals surface area contributed by atoms with Gasteiger partial charge in [0.2, 0.25) is 5.43 Å². The van der Waals surface area contributed by atoms with Crippen molar-refractivity contribution in [3.05, 3.63) is 27.8 Å². The summed E-state index contributed by atoms with van der Waals surface area (Å²) in [5.41, 5.74) is 6.66. The standard InChI is InChI=1S/C19H24FN5O4/c1-19(2,3)25-6-10(18(27)28)16(26)11-13(23-22)12(20)15-17(14(11)25)29-7-9-4-8(21)5-24(9)15/h6,8-9,23H,4-5,7,21-22H2,1-3H3,(H,27,28). The van der Waals surface area contributed by atoms with Crippen molar-refractivity contribution >= 4 is 28.2 Å². The zero-order valence-electron chi connectivity index (χ0n) is 16.5. The third-order valence-corrected chi connectivity index (χ3v) is 5.57. The first-order valence-electron chi connectivity index (χ1n) is 9.36. The Balaban J connectivity index is 2.21. The molecule has 1 aromatic heterocycles. The van der Waals surface area contributed by atoms with Crippen LogP contribution < -0.4 is 32.1 Å². The van der Waals surface area contributed by atoms with E-state index in [1.165, 1.54) is 6.20 Å². The summed E-state index contributed by atoms with van der Waals surface area (Å²) in [5, 5.41) is 9.37. The lowest BCUT2D eigenvalue weighted by atomic mass is 10.0. The number of benzene rings is 1. The SMILES string of the molecule is CC(C)(C)n1cc(C(=O)O)c(=O)c2c(NN)c(F)c3c(c21)OCC1CC(N)CN31. The van der Waals surface area contributed by atoms with Gasteiger partial charge < -0.3 is 30.5 Å². The van der Waals surface area contributed by atoms with Crippen LogP contribution in [0.15, 0.2) is 11.0 Å². The van der Waals surface area contributed by atoms with Gasteiger partial charge in [-0.25, -0.2) is 9.18 Å². The van der Waals surface area contributed by atoms with E-state index in [1.54, 1.807) is 4.57 Å². The number of carboxylic acid groups (broad SMARTS) is 1. The first-order chi connectivity index (χ1) is 13.6. The maximum Gasteiger partial charge on any atom is 0.341 e. The van der Waals surface area contributed by atoms with Crippen molar-refractivity contribution in [2.75, 3.05) is 23.5 Å². The predicted molar refractivity (Wildman–Crippen MR) is 107 cm³/mol. The molecule has 0 aliphatic carbocycles. The van der Waals surface area contributed by atoms with E-state index in [1.807, 2.05) is 25.7 Å². The molecule has 1 aromatic carbocycles. The Kier molecular flexibility index (Phi) is 4.25. The van der Waals surface area contributed by atoms with Gasteiger partial charge in [0.1, 0.15) is 23.5 Å². The highest BCUT2D eigenvalue weighted by Gasteiger charge is 2.41. The van der Waals surface area contributed by atoms with Crippen molar-refractivity contribution in [1.29, 1.82) is 0 Å². The number of hydrogen-bond donors (Lipinski definition) is 4. The van der Waals surface area contributed by atoms with Crippen molar-refractivity contribution in [2.24, 2.45) is 11.6 Å². The van der Waals surface area contributed by atoms with E-state index in [2.05, 4.69) is 5.43 Å². The topological polar surface area (TPSA) is 136 Å². The van der Waals surface area contributed by atoms with Crippen LogP contribution in [0.25, 0.3) is 10.9 Å². The highest BCUT2D eigenvalue weighted by Crippen LogP contribution is 2.48. The van der Waals surface area contributed by atoms with Gasteiger partial charge in [0, 0.05) is 24.3 Å². The van der Waals surface area contributed by atoms with Gasteiger partial charge in [0.25, 0.3) is 0 Å². The van der Waals surface area contributed by atoms with Crippen LogP contribution in [0.1, 0.15) is 37.6 Å². The summed E-state index contributed by atoms with van der Waals surface area (Å²) in [7, 11) is 0. The van der Waals surface area contributed by atoms with Gasteiger partial charge in [-0.1, -0.05) is 0 Å². The molecule has 1 saturated heterocycles. The molecular weight excluding hydrogens is 381 g/mol. The van der Waals surface area contributed by atoms with E-state index in [4.69, 9.17) is 16.3 Å². The zero-order valence-corrected chi connectivity index (χ0v) is 16.5.